The van der Waals surface area contributed by atoms with Gasteiger partial charge in [0.15, 0.2) is 0 Å². The van der Waals surface area contributed by atoms with E-state index in [-0.39, 0.29) is 30.4 Å². The Morgan fingerprint density at radius 1 is 1.00 bits per heavy atom. The molecule has 0 aliphatic carbocycles. The summed E-state index contributed by atoms with van der Waals surface area (Å²) >= 11 is 0. The van der Waals surface area contributed by atoms with E-state index >= 15 is 0 Å². The molecular weight excluding hydrogens is 444 g/mol. The number of anilines is 1. The van der Waals surface area contributed by atoms with Crippen LogP contribution in [-0.2, 0) is 9.53 Å². The second kappa shape index (κ2) is 11.8. The van der Waals surface area contributed by atoms with Crippen molar-refractivity contribution in [1.82, 2.24) is 15.5 Å². The summed E-state index contributed by atoms with van der Waals surface area (Å²) in [4.78, 5) is 39.7. The van der Waals surface area contributed by atoms with Crippen LogP contribution in [0.25, 0.3) is 0 Å². The molecule has 2 aromatic carbocycles. The first-order chi connectivity index (χ1) is 16.6. The van der Waals surface area contributed by atoms with E-state index in [1.807, 2.05) is 62.9 Å². The van der Waals surface area contributed by atoms with E-state index < -0.39 is 11.7 Å². The third kappa shape index (κ3) is 8.40. The minimum Gasteiger partial charge on any atom is -0.444 e. The van der Waals surface area contributed by atoms with E-state index in [4.69, 9.17) is 4.74 Å². The van der Waals surface area contributed by atoms with Crippen molar-refractivity contribution < 1.29 is 19.1 Å². The van der Waals surface area contributed by atoms with Gasteiger partial charge in [0.25, 0.3) is 5.91 Å². The van der Waals surface area contributed by atoms with Gasteiger partial charge in [0.05, 0.1) is 23.8 Å². The second-order valence-electron chi connectivity index (χ2n) is 9.90. The quantitative estimate of drug-likeness (QED) is 0.554. The van der Waals surface area contributed by atoms with Crippen LogP contribution in [0.1, 0.15) is 62.5 Å². The van der Waals surface area contributed by atoms with Crippen LogP contribution in [-0.4, -0.2) is 54.1 Å². The molecule has 3 amide bonds. The lowest BCUT2D eigenvalue weighted by Gasteiger charge is -2.32. The van der Waals surface area contributed by atoms with Crippen LogP contribution in [0.2, 0.25) is 0 Å². The normalized spacial score (nSPS) is 15.7. The number of hydrogen-bond donors (Lipinski definition) is 3. The molecule has 3 N–H and O–H groups in total. The van der Waals surface area contributed by atoms with Gasteiger partial charge in [0, 0.05) is 19.1 Å². The second-order valence-corrected chi connectivity index (χ2v) is 9.90. The first kappa shape index (κ1) is 26.2. The molecule has 0 radical (unpaired) electrons. The predicted molar refractivity (Wildman–Crippen MR) is 136 cm³/mol. The zero-order chi connectivity index (χ0) is 25.4. The number of nitrogens with one attached hydrogen (secondary N) is 3. The summed E-state index contributed by atoms with van der Waals surface area (Å²) in [5, 5.41) is 8.79. The molecule has 8 nitrogen and oxygen atoms in total. The fourth-order valence-electron chi connectivity index (χ4n) is 3.99. The number of benzene rings is 2. The summed E-state index contributed by atoms with van der Waals surface area (Å²) in [6, 6.07) is 16.6. The lowest BCUT2D eigenvalue weighted by atomic mass is 10.1. The molecule has 3 rings (SSSR count). The fourth-order valence-corrected chi connectivity index (χ4v) is 3.99. The van der Waals surface area contributed by atoms with Crippen molar-refractivity contribution in [3.63, 3.8) is 0 Å². The number of para-hydroxylation sites is 1. The predicted octanol–water partition coefficient (Wildman–Crippen LogP) is 4.11. The fraction of sp³-hybridized carbons (Fsp3) is 0.444. The topological polar surface area (TPSA) is 99.8 Å². The van der Waals surface area contributed by atoms with Gasteiger partial charge in [-0.15, -0.1) is 0 Å². The molecule has 2 aromatic rings. The Morgan fingerprint density at radius 3 is 2.29 bits per heavy atom. The summed E-state index contributed by atoms with van der Waals surface area (Å²) in [5.41, 5.74) is 1.38. The minimum absolute atomic E-state index is 0.0280. The van der Waals surface area contributed by atoms with Gasteiger partial charge in [0.1, 0.15) is 5.60 Å². The molecular formula is C27H36N4O4. The lowest BCUT2D eigenvalue weighted by Crippen LogP contribution is -2.47. The maximum atomic E-state index is 12.9. The summed E-state index contributed by atoms with van der Waals surface area (Å²) in [6.45, 7) is 9.01. The number of piperidine rings is 1. The van der Waals surface area contributed by atoms with Crippen molar-refractivity contribution in [1.29, 1.82) is 0 Å². The van der Waals surface area contributed by atoms with Crippen molar-refractivity contribution in [2.75, 3.05) is 25.0 Å². The Balaban J connectivity index is 1.49. The Morgan fingerprint density at radius 2 is 1.63 bits per heavy atom. The number of likely N-dealkylation sites (tertiary alicyclic amines) is 1. The average molecular weight is 481 g/mol. The maximum absolute atomic E-state index is 12.9. The smallest absolute Gasteiger partial charge is 0.407 e. The summed E-state index contributed by atoms with van der Waals surface area (Å²) < 4.78 is 5.32. The van der Waals surface area contributed by atoms with Gasteiger partial charge in [-0.1, -0.05) is 42.5 Å². The summed E-state index contributed by atoms with van der Waals surface area (Å²) in [6.07, 6.45) is 1.07. The lowest BCUT2D eigenvalue weighted by molar-refractivity contribution is -0.117. The first-order valence-electron chi connectivity index (χ1n) is 12.1. The molecule has 1 atom stereocenters. The molecule has 1 unspecified atom stereocenters. The molecule has 1 aliphatic heterocycles. The van der Waals surface area contributed by atoms with E-state index in [0.29, 0.717) is 24.3 Å². The third-order valence-corrected chi connectivity index (χ3v) is 5.77. The van der Waals surface area contributed by atoms with E-state index in [0.717, 1.165) is 18.4 Å². The Kier molecular flexibility index (Phi) is 8.87. The van der Waals surface area contributed by atoms with Crippen molar-refractivity contribution in [2.24, 2.45) is 0 Å². The van der Waals surface area contributed by atoms with Gasteiger partial charge >= 0.3 is 6.09 Å². The average Bonchev–Trinajstić information content (AvgIpc) is 2.80. The van der Waals surface area contributed by atoms with Crippen LogP contribution >= 0.6 is 0 Å². The molecule has 0 bridgehead atoms. The maximum Gasteiger partial charge on any atom is 0.407 e. The number of ether oxygens (including phenoxy) is 1. The van der Waals surface area contributed by atoms with Crippen molar-refractivity contribution >= 4 is 23.6 Å². The molecule has 1 saturated heterocycles. The largest absolute Gasteiger partial charge is 0.444 e. The van der Waals surface area contributed by atoms with Gasteiger partial charge in [-0.25, -0.2) is 4.79 Å². The van der Waals surface area contributed by atoms with Crippen LogP contribution < -0.4 is 16.0 Å². The SMILES string of the molecule is CC(NC(=O)c1ccccc1NC(=O)CN1CCC(NC(=O)OC(C)(C)C)CC1)c1ccccc1. The highest BCUT2D eigenvalue weighted by Gasteiger charge is 2.25. The highest BCUT2D eigenvalue weighted by atomic mass is 16.6. The van der Waals surface area contributed by atoms with Gasteiger partial charge in [-0.2, -0.15) is 0 Å². The Labute approximate surface area is 207 Å². The third-order valence-electron chi connectivity index (χ3n) is 5.77. The number of hydrogen-bond acceptors (Lipinski definition) is 5. The van der Waals surface area contributed by atoms with Crippen LogP contribution in [0.5, 0.6) is 0 Å². The first-order valence-corrected chi connectivity index (χ1v) is 12.1. The molecule has 188 valence electrons. The standard InChI is InChI=1S/C27H36N4O4/c1-19(20-10-6-5-7-11-20)28-25(33)22-12-8-9-13-23(22)30-24(32)18-31-16-14-21(15-17-31)29-26(34)35-27(2,3)4/h5-13,19,21H,14-18H2,1-4H3,(H,28,33)(H,29,34)(H,30,32). The number of rotatable bonds is 7. The molecule has 0 aromatic heterocycles. The highest BCUT2D eigenvalue weighted by molar-refractivity contribution is 6.04. The van der Waals surface area contributed by atoms with Crippen LogP contribution in [0.3, 0.4) is 0 Å². The molecule has 0 saturated carbocycles. The van der Waals surface area contributed by atoms with E-state index in [9.17, 15) is 14.4 Å². The van der Waals surface area contributed by atoms with Crippen LogP contribution in [0, 0.1) is 0 Å². The van der Waals surface area contributed by atoms with Crippen LogP contribution in [0.4, 0.5) is 10.5 Å². The molecule has 0 spiro atoms. The zero-order valence-electron chi connectivity index (χ0n) is 21.0. The van der Waals surface area contributed by atoms with Crippen molar-refractivity contribution in [3.8, 4) is 0 Å². The Hall–Kier alpha value is -3.39. The van der Waals surface area contributed by atoms with Gasteiger partial charge in [-0.05, 0) is 58.2 Å². The number of carbonyl (C=O) groups excluding carboxylic acids is 3. The molecule has 35 heavy (non-hydrogen) atoms. The highest BCUT2D eigenvalue weighted by Crippen LogP contribution is 2.19. The minimum atomic E-state index is -0.532. The van der Waals surface area contributed by atoms with E-state index in [1.165, 1.54) is 0 Å². The number of nitrogens with zero attached hydrogens (tertiary/aromatic N) is 1. The van der Waals surface area contributed by atoms with Gasteiger partial charge in [-0.3, -0.25) is 14.5 Å². The number of alkyl carbamates (subject to hydrolysis) is 1. The van der Waals surface area contributed by atoms with Gasteiger partial charge in [0.2, 0.25) is 5.91 Å². The molecule has 1 heterocycles. The Bertz CT molecular complexity index is 1010. The van der Waals surface area contributed by atoms with Crippen LogP contribution in [0.15, 0.2) is 54.6 Å². The molecule has 8 heteroatoms. The van der Waals surface area contributed by atoms with Crippen molar-refractivity contribution in [2.45, 2.75) is 58.2 Å². The monoisotopic (exact) mass is 480 g/mol. The van der Waals surface area contributed by atoms with Gasteiger partial charge < -0.3 is 20.7 Å². The molecule has 1 aliphatic rings. The number of carbonyl (C=O) groups is 3. The summed E-state index contributed by atoms with van der Waals surface area (Å²) in [7, 11) is 0. The van der Waals surface area contributed by atoms with E-state index in [1.54, 1.807) is 24.3 Å². The molecule has 1 fully saturated rings. The van der Waals surface area contributed by atoms with Crippen molar-refractivity contribution in [3.05, 3.63) is 65.7 Å². The summed E-state index contributed by atoms with van der Waals surface area (Å²) in [5.74, 6) is -0.425. The zero-order valence-corrected chi connectivity index (χ0v) is 21.0. The van der Waals surface area contributed by atoms with E-state index in [2.05, 4.69) is 16.0 Å². The number of amides is 3.